The van der Waals surface area contributed by atoms with Gasteiger partial charge in [-0.25, -0.2) is 0 Å². The molecule has 0 spiro atoms. The van der Waals surface area contributed by atoms with Crippen molar-refractivity contribution in [1.82, 2.24) is 10.2 Å². The second kappa shape index (κ2) is 8.62. The van der Waals surface area contributed by atoms with Gasteiger partial charge in [0, 0.05) is 46.9 Å². The van der Waals surface area contributed by atoms with Crippen molar-refractivity contribution in [2.45, 2.75) is 19.4 Å². The van der Waals surface area contributed by atoms with Crippen molar-refractivity contribution in [3.05, 3.63) is 24.3 Å². The molecule has 2 N–H and O–H groups in total. The Kier molecular flexibility index (Phi) is 6.52. The molecule has 1 atom stereocenters. The van der Waals surface area contributed by atoms with Gasteiger partial charge in [0.05, 0.1) is 11.8 Å². The zero-order chi connectivity index (χ0) is 16.7. The van der Waals surface area contributed by atoms with E-state index in [1.54, 1.807) is 13.2 Å². The van der Waals surface area contributed by atoms with Crippen LogP contribution in [-0.4, -0.2) is 69.0 Å². The number of ether oxygens (including phenoxy) is 1. The maximum absolute atomic E-state index is 9.97. The van der Waals surface area contributed by atoms with Crippen LogP contribution in [0.1, 0.15) is 13.3 Å². The molecular weight excluding hydrogens is 292 g/mol. The standard InChI is InChI=1S/C17H28N4O2/c1-14(23-3)8-9-19-17(18-2)21-12-10-20(11-13-21)15-6-4-5-7-16(15)22/h4-7,14,22H,8-13H2,1-3H3,(H,18,19). The minimum absolute atomic E-state index is 0.249. The molecule has 1 fully saturated rings. The average molecular weight is 320 g/mol. The first-order valence-electron chi connectivity index (χ1n) is 8.17. The number of phenolic OH excluding ortho intramolecular Hbond substituents is 1. The van der Waals surface area contributed by atoms with Gasteiger partial charge >= 0.3 is 0 Å². The molecule has 1 heterocycles. The van der Waals surface area contributed by atoms with Gasteiger partial charge in [0.25, 0.3) is 0 Å². The molecule has 6 nitrogen and oxygen atoms in total. The van der Waals surface area contributed by atoms with E-state index in [0.717, 1.165) is 50.8 Å². The molecule has 0 bridgehead atoms. The number of hydrogen-bond donors (Lipinski definition) is 2. The number of piperazine rings is 1. The molecule has 1 aliphatic heterocycles. The van der Waals surface area contributed by atoms with Crippen LogP contribution < -0.4 is 10.2 Å². The monoisotopic (exact) mass is 320 g/mol. The molecule has 6 heteroatoms. The molecule has 0 aromatic heterocycles. The summed E-state index contributed by atoms with van der Waals surface area (Å²) in [6.45, 7) is 6.41. The lowest BCUT2D eigenvalue weighted by molar-refractivity contribution is 0.112. The second-order valence-corrected chi connectivity index (χ2v) is 5.77. The summed E-state index contributed by atoms with van der Waals surface area (Å²) < 4.78 is 5.26. The average Bonchev–Trinajstić information content (AvgIpc) is 2.59. The fourth-order valence-electron chi connectivity index (χ4n) is 2.73. The van der Waals surface area contributed by atoms with E-state index >= 15 is 0 Å². The van der Waals surface area contributed by atoms with Gasteiger partial charge < -0.3 is 25.0 Å². The lowest BCUT2D eigenvalue weighted by atomic mass is 10.2. The highest BCUT2D eigenvalue weighted by molar-refractivity contribution is 5.80. The van der Waals surface area contributed by atoms with Crippen LogP contribution in [0.15, 0.2) is 29.3 Å². The fraction of sp³-hybridized carbons (Fsp3) is 0.588. The van der Waals surface area contributed by atoms with E-state index in [1.807, 2.05) is 25.2 Å². The van der Waals surface area contributed by atoms with Crippen molar-refractivity contribution in [3.8, 4) is 5.75 Å². The summed E-state index contributed by atoms with van der Waals surface area (Å²) in [4.78, 5) is 8.84. The molecule has 0 aliphatic carbocycles. The number of rotatable bonds is 5. The number of phenols is 1. The molecule has 2 rings (SSSR count). The quantitative estimate of drug-likeness (QED) is 0.636. The minimum Gasteiger partial charge on any atom is -0.506 e. The Morgan fingerprint density at radius 3 is 2.61 bits per heavy atom. The Labute approximate surface area is 138 Å². The zero-order valence-electron chi connectivity index (χ0n) is 14.3. The molecular formula is C17H28N4O2. The van der Waals surface area contributed by atoms with Gasteiger partial charge in [0.15, 0.2) is 5.96 Å². The van der Waals surface area contributed by atoms with E-state index in [4.69, 9.17) is 4.74 Å². The molecule has 1 unspecified atom stereocenters. The smallest absolute Gasteiger partial charge is 0.193 e. The van der Waals surface area contributed by atoms with Crippen molar-refractivity contribution in [2.75, 3.05) is 51.8 Å². The molecule has 1 aromatic carbocycles. The van der Waals surface area contributed by atoms with E-state index in [-0.39, 0.29) is 6.10 Å². The predicted molar refractivity (Wildman–Crippen MR) is 94.3 cm³/mol. The Hall–Kier alpha value is -1.95. The number of methoxy groups -OCH3 is 1. The maximum atomic E-state index is 9.97. The molecule has 1 saturated heterocycles. The Bertz CT molecular complexity index is 513. The summed E-state index contributed by atoms with van der Waals surface area (Å²) in [7, 11) is 3.55. The van der Waals surface area contributed by atoms with Gasteiger partial charge in [-0.15, -0.1) is 0 Å². The number of benzene rings is 1. The second-order valence-electron chi connectivity index (χ2n) is 5.77. The van der Waals surface area contributed by atoms with Crippen molar-refractivity contribution >= 4 is 11.6 Å². The number of nitrogens with one attached hydrogen (secondary N) is 1. The summed E-state index contributed by atoms with van der Waals surface area (Å²) in [5.41, 5.74) is 0.906. The van der Waals surface area contributed by atoms with Crippen LogP contribution in [-0.2, 0) is 4.74 Å². The number of hydrogen-bond acceptors (Lipinski definition) is 4. The summed E-state index contributed by atoms with van der Waals surface area (Å²) in [6, 6.07) is 7.50. The summed E-state index contributed by atoms with van der Waals surface area (Å²) in [5.74, 6) is 1.28. The molecule has 0 amide bonds. The lowest BCUT2D eigenvalue weighted by Crippen LogP contribution is -2.52. The minimum atomic E-state index is 0.249. The van der Waals surface area contributed by atoms with E-state index in [2.05, 4.69) is 27.0 Å². The predicted octanol–water partition coefficient (Wildman–Crippen LogP) is 1.51. The van der Waals surface area contributed by atoms with Gasteiger partial charge in [-0.1, -0.05) is 12.1 Å². The van der Waals surface area contributed by atoms with Crippen molar-refractivity contribution < 1.29 is 9.84 Å². The number of aromatic hydroxyl groups is 1. The summed E-state index contributed by atoms with van der Waals surface area (Å²) in [5, 5.41) is 13.4. The number of guanidine groups is 1. The Morgan fingerprint density at radius 2 is 2.00 bits per heavy atom. The number of anilines is 1. The summed E-state index contributed by atoms with van der Waals surface area (Å²) in [6.07, 6.45) is 1.20. The summed E-state index contributed by atoms with van der Waals surface area (Å²) >= 11 is 0. The van der Waals surface area contributed by atoms with Crippen molar-refractivity contribution in [3.63, 3.8) is 0 Å². The van der Waals surface area contributed by atoms with E-state index < -0.39 is 0 Å². The van der Waals surface area contributed by atoms with E-state index in [9.17, 15) is 5.11 Å². The van der Waals surface area contributed by atoms with Gasteiger partial charge in [0.1, 0.15) is 5.75 Å². The highest BCUT2D eigenvalue weighted by atomic mass is 16.5. The number of aliphatic imine (C=N–C) groups is 1. The molecule has 128 valence electrons. The van der Waals surface area contributed by atoms with Crippen LogP contribution in [0.5, 0.6) is 5.75 Å². The van der Waals surface area contributed by atoms with Gasteiger partial charge in [-0.3, -0.25) is 4.99 Å². The lowest BCUT2D eigenvalue weighted by Gasteiger charge is -2.37. The third-order valence-electron chi connectivity index (χ3n) is 4.25. The number of nitrogens with zero attached hydrogens (tertiary/aromatic N) is 3. The van der Waals surface area contributed by atoms with Gasteiger partial charge in [-0.2, -0.15) is 0 Å². The van der Waals surface area contributed by atoms with Crippen LogP contribution in [0.25, 0.3) is 0 Å². The maximum Gasteiger partial charge on any atom is 0.193 e. The van der Waals surface area contributed by atoms with Crippen molar-refractivity contribution in [1.29, 1.82) is 0 Å². The molecule has 1 aliphatic rings. The third kappa shape index (κ3) is 4.76. The van der Waals surface area contributed by atoms with Crippen LogP contribution in [0, 0.1) is 0 Å². The third-order valence-corrected chi connectivity index (χ3v) is 4.25. The van der Waals surface area contributed by atoms with E-state index in [0.29, 0.717) is 5.75 Å². The zero-order valence-corrected chi connectivity index (χ0v) is 14.3. The van der Waals surface area contributed by atoms with Crippen LogP contribution in [0.4, 0.5) is 5.69 Å². The Balaban J connectivity index is 1.84. The highest BCUT2D eigenvalue weighted by Gasteiger charge is 2.21. The SMILES string of the molecule is CN=C(NCCC(C)OC)N1CCN(c2ccccc2O)CC1. The van der Waals surface area contributed by atoms with Crippen molar-refractivity contribution in [2.24, 2.45) is 4.99 Å². The molecule has 0 radical (unpaired) electrons. The van der Waals surface area contributed by atoms with Gasteiger partial charge in [0.2, 0.25) is 0 Å². The first-order valence-corrected chi connectivity index (χ1v) is 8.17. The molecule has 23 heavy (non-hydrogen) atoms. The topological polar surface area (TPSA) is 60.3 Å². The molecule has 0 saturated carbocycles. The van der Waals surface area contributed by atoms with Crippen LogP contribution >= 0.6 is 0 Å². The van der Waals surface area contributed by atoms with Crippen LogP contribution in [0.2, 0.25) is 0 Å². The Morgan fingerprint density at radius 1 is 1.30 bits per heavy atom. The largest absolute Gasteiger partial charge is 0.506 e. The number of para-hydroxylation sites is 2. The fourth-order valence-corrected chi connectivity index (χ4v) is 2.73. The first-order chi connectivity index (χ1) is 11.2. The van der Waals surface area contributed by atoms with Crippen LogP contribution in [0.3, 0.4) is 0 Å². The normalized spacial score (nSPS) is 17.3. The van der Waals surface area contributed by atoms with E-state index in [1.165, 1.54) is 0 Å². The van der Waals surface area contributed by atoms with Gasteiger partial charge in [-0.05, 0) is 25.5 Å². The molecule has 1 aromatic rings. The first kappa shape index (κ1) is 17.4. The highest BCUT2D eigenvalue weighted by Crippen LogP contribution is 2.27.